The summed E-state index contributed by atoms with van der Waals surface area (Å²) in [5, 5.41) is 0. The van der Waals surface area contributed by atoms with Gasteiger partial charge in [0.15, 0.2) is 16.9 Å². The Hall–Kier alpha value is -3.10. The number of alkyl halides is 3. The largest absolute Gasteiger partial charge is 0.462 e. The van der Waals surface area contributed by atoms with Crippen molar-refractivity contribution >= 4 is 17.1 Å². The van der Waals surface area contributed by atoms with Crippen molar-refractivity contribution in [1.82, 2.24) is 4.98 Å². The van der Waals surface area contributed by atoms with E-state index < -0.39 is 23.3 Å². The number of benzene rings is 1. The standard InChI is InChI=1S/C15H7F4NO4/c16-15(17,18)8-2-1-3-9(6-8)23-11-7-20-10-4-5-22-13(10)12(11)14(21)24-19/h1-7H. The van der Waals surface area contributed by atoms with Gasteiger partial charge in [-0.15, -0.1) is 0 Å². The SMILES string of the molecule is O=C(OF)c1c(Oc2cccc(C(F)(F)F)c2)cnc2ccoc12. The maximum atomic E-state index is 12.7. The number of carbonyl (C=O) groups excluding carboxylic acids is 1. The monoisotopic (exact) mass is 341 g/mol. The summed E-state index contributed by atoms with van der Waals surface area (Å²) in [4.78, 5) is 18.7. The van der Waals surface area contributed by atoms with Gasteiger partial charge in [-0.2, -0.15) is 13.2 Å². The van der Waals surface area contributed by atoms with Crippen LogP contribution < -0.4 is 4.74 Å². The fourth-order valence-corrected chi connectivity index (χ4v) is 2.07. The van der Waals surface area contributed by atoms with Gasteiger partial charge in [0.05, 0.1) is 18.0 Å². The van der Waals surface area contributed by atoms with Gasteiger partial charge in [0.2, 0.25) is 0 Å². The van der Waals surface area contributed by atoms with E-state index in [1.807, 2.05) is 0 Å². The van der Waals surface area contributed by atoms with Crippen molar-refractivity contribution in [2.75, 3.05) is 0 Å². The number of aromatic nitrogens is 1. The Morgan fingerprint density at radius 2 is 2.00 bits per heavy atom. The molecule has 2 aromatic heterocycles. The molecule has 3 rings (SSSR count). The summed E-state index contributed by atoms with van der Waals surface area (Å²) in [7, 11) is 0. The molecule has 1 aromatic carbocycles. The lowest BCUT2D eigenvalue weighted by molar-refractivity contribution is -0.137. The van der Waals surface area contributed by atoms with Crippen LogP contribution in [0.25, 0.3) is 11.1 Å². The van der Waals surface area contributed by atoms with Gasteiger partial charge in [-0.25, -0.2) is 14.7 Å². The zero-order valence-corrected chi connectivity index (χ0v) is 11.6. The van der Waals surface area contributed by atoms with E-state index in [2.05, 4.69) is 9.93 Å². The summed E-state index contributed by atoms with van der Waals surface area (Å²) in [5.74, 6) is -1.94. The summed E-state index contributed by atoms with van der Waals surface area (Å²) < 4.78 is 60.8. The van der Waals surface area contributed by atoms with Crippen LogP contribution in [0.5, 0.6) is 11.5 Å². The van der Waals surface area contributed by atoms with E-state index >= 15 is 0 Å². The quantitative estimate of drug-likeness (QED) is 0.647. The second-order valence-electron chi connectivity index (χ2n) is 4.62. The van der Waals surface area contributed by atoms with Crippen LogP contribution in [0.1, 0.15) is 15.9 Å². The Morgan fingerprint density at radius 1 is 1.21 bits per heavy atom. The Labute approximate surface area is 131 Å². The number of furan rings is 1. The number of pyridine rings is 1. The minimum Gasteiger partial charge on any atom is -0.462 e. The number of ether oxygens (including phenoxy) is 1. The van der Waals surface area contributed by atoms with E-state index in [0.717, 1.165) is 24.4 Å². The molecule has 124 valence electrons. The van der Waals surface area contributed by atoms with Gasteiger partial charge < -0.3 is 9.15 Å². The van der Waals surface area contributed by atoms with Gasteiger partial charge >= 0.3 is 12.1 Å². The van der Waals surface area contributed by atoms with Crippen LogP contribution >= 0.6 is 0 Å². The number of nitrogens with zero attached hydrogens (tertiary/aromatic N) is 1. The Bertz CT molecular complexity index is 904. The molecule has 0 aliphatic heterocycles. The fourth-order valence-electron chi connectivity index (χ4n) is 2.07. The van der Waals surface area contributed by atoms with Crippen molar-refractivity contribution in [2.24, 2.45) is 0 Å². The lowest BCUT2D eigenvalue weighted by Gasteiger charge is -2.11. The van der Waals surface area contributed by atoms with Gasteiger partial charge in [-0.05, 0) is 18.2 Å². The molecule has 24 heavy (non-hydrogen) atoms. The molecule has 9 heteroatoms. The molecule has 0 aliphatic rings. The lowest BCUT2D eigenvalue weighted by atomic mass is 10.2. The Morgan fingerprint density at radius 3 is 2.71 bits per heavy atom. The summed E-state index contributed by atoms with van der Waals surface area (Å²) in [6.45, 7) is 0. The normalized spacial score (nSPS) is 11.5. The van der Waals surface area contributed by atoms with Gasteiger partial charge in [0, 0.05) is 10.6 Å². The van der Waals surface area contributed by atoms with Crippen LogP contribution in [0, 0.1) is 0 Å². The molecule has 5 nitrogen and oxygen atoms in total. The van der Waals surface area contributed by atoms with Gasteiger partial charge in [-0.3, -0.25) is 0 Å². The summed E-state index contributed by atoms with van der Waals surface area (Å²) in [6.07, 6.45) is -2.30. The van der Waals surface area contributed by atoms with Gasteiger partial charge in [-0.1, -0.05) is 6.07 Å². The maximum absolute atomic E-state index is 12.7. The van der Waals surface area contributed by atoms with E-state index in [4.69, 9.17) is 9.15 Å². The summed E-state index contributed by atoms with van der Waals surface area (Å²) in [5.41, 5.74) is -1.25. The number of fused-ring (bicyclic) bond motifs is 1. The van der Waals surface area contributed by atoms with Crippen LogP contribution in [0.3, 0.4) is 0 Å². The van der Waals surface area contributed by atoms with Crippen molar-refractivity contribution in [3.63, 3.8) is 0 Å². The Balaban J connectivity index is 2.06. The molecule has 0 radical (unpaired) electrons. The molecule has 0 amide bonds. The molecule has 0 bridgehead atoms. The molecule has 0 N–H and O–H groups in total. The average molecular weight is 341 g/mol. The zero-order chi connectivity index (χ0) is 17.3. The molecule has 0 fully saturated rings. The highest BCUT2D eigenvalue weighted by molar-refractivity contribution is 6.03. The molecule has 0 atom stereocenters. The smallest absolute Gasteiger partial charge is 0.416 e. The molecular weight excluding hydrogens is 334 g/mol. The maximum Gasteiger partial charge on any atom is 0.416 e. The van der Waals surface area contributed by atoms with Crippen LogP contribution in [-0.4, -0.2) is 11.0 Å². The average Bonchev–Trinajstić information content (AvgIpc) is 3.02. The van der Waals surface area contributed by atoms with Crippen LogP contribution in [0.4, 0.5) is 17.7 Å². The zero-order valence-electron chi connectivity index (χ0n) is 11.6. The third-order valence-electron chi connectivity index (χ3n) is 3.10. The van der Waals surface area contributed by atoms with E-state index in [9.17, 15) is 22.5 Å². The summed E-state index contributed by atoms with van der Waals surface area (Å²) >= 11 is 0. The van der Waals surface area contributed by atoms with Crippen molar-refractivity contribution in [3.05, 3.63) is 53.9 Å². The first-order valence-electron chi connectivity index (χ1n) is 6.44. The highest BCUT2D eigenvalue weighted by Gasteiger charge is 2.31. The minimum atomic E-state index is -4.57. The van der Waals surface area contributed by atoms with Crippen LogP contribution in [0.2, 0.25) is 0 Å². The fraction of sp³-hybridized carbons (Fsp3) is 0.0667. The van der Waals surface area contributed by atoms with Crippen molar-refractivity contribution < 1.29 is 36.6 Å². The Kier molecular flexibility index (Phi) is 3.84. The van der Waals surface area contributed by atoms with Crippen LogP contribution in [-0.2, 0) is 11.1 Å². The van der Waals surface area contributed by atoms with E-state index in [1.54, 1.807) is 0 Å². The van der Waals surface area contributed by atoms with E-state index in [0.29, 0.717) is 0 Å². The first-order valence-corrected chi connectivity index (χ1v) is 6.44. The summed E-state index contributed by atoms with van der Waals surface area (Å²) in [6, 6.07) is 5.38. The minimum absolute atomic E-state index is 0.109. The lowest BCUT2D eigenvalue weighted by Crippen LogP contribution is -2.06. The third-order valence-corrected chi connectivity index (χ3v) is 3.10. The number of carbonyl (C=O) groups is 1. The number of rotatable bonds is 3. The topological polar surface area (TPSA) is 61.6 Å². The molecule has 0 spiro atoms. The highest BCUT2D eigenvalue weighted by Crippen LogP contribution is 2.35. The molecule has 0 aliphatic carbocycles. The first-order chi connectivity index (χ1) is 11.4. The predicted molar refractivity (Wildman–Crippen MR) is 72.1 cm³/mol. The molecule has 3 aromatic rings. The molecule has 0 saturated heterocycles. The second kappa shape index (κ2) is 5.84. The van der Waals surface area contributed by atoms with Gasteiger partial charge in [0.1, 0.15) is 11.3 Å². The second-order valence-corrected chi connectivity index (χ2v) is 4.62. The molecular formula is C15H7F4NO4. The number of hydrogen-bond acceptors (Lipinski definition) is 5. The van der Waals surface area contributed by atoms with E-state index in [1.165, 1.54) is 18.4 Å². The first kappa shape index (κ1) is 15.8. The van der Waals surface area contributed by atoms with Crippen molar-refractivity contribution in [2.45, 2.75) is 6.18 Å². The number of halogens is 4. The van der Waals surface area contributed by atoms with Crippen molar-refractivity contribution in [3.8, 4) is 11.5 Å². The molecule has 0 unspecified atom stereocenters. The third kappa shape index (κ3) is 2.87. The van der Waals surface area contributed by atoms with Crippen LogP contribution in [0.15, 0.2) is 47.2 Å². The van der Waals surface area contributed by atoms with Gasteiger partial charge in [0.25, 0.3) is 0 Å². The highest BCUT2D eigenvalue weighted by atomic mass is 19.4. The van der Waals surface area contributed by atoms with Crippen molar-refractivity contribution in [1.29, 1.82) is 0 Å². The number of hydrogen-bond donors (Lipinski definition) is 0. The van der Waals surface area contributed by atoms with E-state index in [-0.39, 0.29) is 22.6 Å². The predicted octanol–water partition coefficient (Wildman–Crippen LogP) is 4.68. The molecule has 2 heterocycles. The molecule has 0 saturated carbocycles.